The van der Waals surface area contributed by atoms with E-state index in [0.717, 1.165) is 25.9 Å². The van der Waals surface area contributed by atoms with Crippen LogP contribution in [-0.4, -0.2) is 30.4 Å². The average molecular weight is 152 g/mol. The molecule has 1 aliphatic heterocycles. The molecule has 1 saturated heterocycles. The van der Waals surface area contributed by atoms with Crippen LogP contribution in [-0.2, 0) is 4.79 Å². The first kappa shape index (κ1) is 8.06. The number of nitrogens with zero attached hydrogens (tertiary/aromatic N) is 2. The highest BCUT2D eigenvalue weighted by atomic mass is 16.2. The molecule has 0 bridgehead atoms. The van der Waals surface area contributed by atoms with Crippen LogP contribution in [0.5, 0.6) is 0 Å². The molecule has 0 aromatic carbocycles. The maximum atomic E-state index is 11.0. The van der Waals surface area contributed by atoms with Crippen LogP contribution in [0.2, 0.25) is 0 Å². The van der Waals surface area contributed by atoms with Crippen LogP contribution in [0.3, 0.4) is 0 Å². The normalized spacial score (nSPS) is 17.0. The molecule has 0 spiro atoms. The Labute approximate surface area is 66.8 Å². The Bertz CT molecular complexity index is 183. The molecule has 0 radical (unpaired) electrons. The van der Waals surface area contributed by atoms with E-state index in [1.165, 1.54) is 0 Å². The summed E-state index contributed by atoms with van der Waals surface area (Å²) in [4.78, 5) is 16.1. The fourth-order valence-electron chi connectivity index (χ4n) is 1.28. The van der Waals surface area contributed by atoms with Crippen LogP contribution in [0.4, 0.5) is 0 Å². The summed E-state index contributed by atoms with van der Waals surface area (Å²) in [6, 6.07) is 0. The van der Waals surface area contributed by atoms with E-state index in [1.807, 2.05) is 4.90 Å². The van der Waals surface area contributed by atoms with E-state index < -0.39 is 0 Å². The second-order valence-electron chi connectivity index (χ2n) is 2.72. The maximum Gasteiger partial charge on any atom is 0.222 e. The zero-order chi connectivity index (χ0) is 8.10. The average Bonchev–Trinajstić information content (AvgIpc) is 2.37. The van der Waals surface area contributed by atoms with Crippen LogP contribution in [0.25, 0.3) is 4.85 Å². The van der Waals surface area contributed by atoms with Crippen molar-refractivity contribution >= 4 is 5.91 Å². The molecule has 0 unspecified atom stereocenters. The van der Waals surface area contributed by atoms with E-state index in [1.54, 1.807) is 0 Å². The van der Waals surface area contributed by atoms with Crippen molar-refractivity contribution in [3.05, 3.63) is 11.4 Å². The summed E-state index contributed by atoms with van der Waals surface area (Å²) < 4.78 is 0. The Morgan fingerprint density at radius 1 is 1.64 bits per heavy atom. The molecule has 1 heterocycles. The molecule has 0 N–H and O–H groups in total. The predicted molar refractivity (Wildman–Crippen MR) is 41.9 cm³/mol. The number of amides is 1. The van der Waals surface area contributed by atoms with Crippen LogP contribution >= 0.6 is 0 Å². The monoisotopic (exact) mass is 152 g/mol. The van der Waals surface area contributed by atoms with E-state index in [4.69, 9.17) is 6.57 Å². The van der Waals surface area contributed by atoms with Gasteiger partial charge in [-0.2, -0.15) is 0 Å². The Morgan fingerprint density at radius 2 is 2.45 bits per heavy atom. The number of carbonyl (C=O) groups excluding carboxylic acids is 1. The summed E-state index contributed by atoms with van der Waals surface area (Å²) in [6.07, 6.45) is 2.53. The molecule has 0 saturated carbocycles. The Kier molecular flexibility index (Phi) is 2.91. The van der Waals surface area contributed by atoms with Crippen LogP contribution in [0.15, 0.2) is 0 Å². The molecule has 60 valence electrons. The van der Waals surface area contributed by atoms with Gasteiger partial charge in [0.15, 0.2) is 0 Å². The number of carbonyl (C=O) groups is 1. The van der Waals surface area contributed by atoms with Crippen molar-refractivity contribution in [3.8, 4) is 0 Å². The number of hydrogen-bond acceptors (Lipinski definition) is 1. The van der Waals surface area contributed by atoms with Gasteiger partial charge in [-0.05, 0) is 6.42 Å². The lowest BCUT2D eigenvalue weighted by atomic mass is 10.4. The second-order valence-corrected chi connectivity index (χ2v) is 2.72. The fourth-order valence-corrected chi connectivity index (χ4v) is 1.28. The minimum absolute atomic E-state index is 0.259. The highest BCUT2D eigenvalue weighted by Crippen LogP contribution is 2.09. The Balaban J connectivity index is 2.16. The largest absolute Gasteiger partial charge is 0.342 e. The van der Waals surface area contributed by atoms with Crippen LogP contribution in [0.1, 0.15) is 19.3 Å². The topological polar surface area (TPSA) is 24.7 Å². The summed E-state index contributed by atoms with van der Waals surface area (Å²) >= 11 is 0. The third kappa shape index (κ3) is 2.23. The van der Waals surface area contributed by atoms with Gasteiger partial charge in [-0.15, -0.1) is 0 Å². The minimum atomic E-state index is 0.259. The summed E-state index contributed by atoms with van der Waals surface area (Å²) in [6.45, 7) is 8.77. The lowest BCUT2D eigenvalue weighted by Crippen LogP contribution is -2.25. The standard InChI is InChI=1S/C8H12N2O/c1-9-5-3-7-10-6-2-4-8(10)11/h2-7H2. The zero-order valence-electron chi connectivity index (χ0n) is 6.55. The lowest BCUT2D eigenvalue weighted by Gasteiger charge is -2.12. The molecule has 1 rings (SSSR count). The zero-order valence-corrected chi connectivity index (χ0v) is 6.55. The van der Waals surface area contributed by atoms with Crippen molar-refractivity contribution in [1.82, 2.24) is 4.90 Å². The van der Waals surface area contributed by atoms with Crippen molar-refractivity contribution < 1.29 is 4.79 Å². The van der Waals surface area contributed by atoms with E-state index in [9.17, 15) is 4.79 Å². The highest BCUT2D eigenvalue weighted by molar-refractivity contribution is 5.77. The first-order chi connectivity index (χ1) is 5.34. The van der Waals surface area contributed by atoms with Gasteiger partial charge in [-0.3, -0.25) is 4.79 Å². The van der Waals surface area contributed by atoms with Crippen molar-refractivity contribution in [2.24, 2.45) is 0 Å². The number of hydrogen-bond donors (Lipinski definition) is 0. The quantitative estimate of drug-likeness (QED) is 0.436. The maximum absolute atomic E-state index is 11.0. The SMILES string of the molecule is [C-]#[N+]CCCN1CCCC1=O. The summed E-state index contributed by atoms with van der Waals surface area (Å²) in [5, 5.41) is 0. The van der Waals surface area contributed by atoms with Gasteiger partial charge in [0.05, 0.1) is 0 Å². The van der Waals surface area contributed by atoms with Crippen molar-refractivity contribution in [2.45, 2.75) is 19.3 Å². The molecule has 3 nitrogen and oxygen atoms in total. The summed E-state index contributed by atoms with van der Waals surface area (Å²) in [5.74, 6) is 0.259. The van der Waals surface area contributed by atoms with Gasteiger partial charge in [0.1, 0.15) is 0 Å². The Hall–Kier alpha value is -1.04. The molecular formula is C8H12N2O. The minimum Gasteiger partial charge on any atom is -0.342 e. The first-order valence-electron chi connectivity index (χ1n) is 3.95. The van der Waals surface area contributed by atoms with Crippen molar-refractivity contribution in [2.75, 3.05) is 19.6 Å². The molecular weight excluding hydrogens is 140 g/mol. The molecule has 0 aromatic heterocycles. The van der Waals surface area contributed by atoms with E-state index >= 15 is 0 Å². The Morgan fingerprint density at radius 3 is 3.00 bits per heavy atom. The van der Waals surface area contributed by atoms with Gasteiger partial charge in [-0.25, -0.2) is 6.57 Å². The first-order valence-corrected chi connectivity index (χ1v) is 3.95. The highest BCUT2D eigenvalue weighted by Gasteiger charge is 2.19. The van der Waals surface area contributed by atoms with Gasteiger partial charge in [-0.1, -0.05) is 0 Å². The molecule has 0 aromatic rings. The van der Waals surface area contributed by atoms with Gasteiger partial charge < -0.3 is 9.74 Å². The smallest absolute Gasteiger partial charge is 0.222 e. The van der Waals surface area contributed by atoms with Crippen molar-refractivity contribution in [1.29, 1.82) is 0 Å². The van der Waals surface area contributed by atoms with Gasteiger partial charge >= 0.3 is 0 Å². The number of likely N-dealkylation sites (tertiary alicyclic amines) is 1. The third-order valence-corrected chi connectivity index (χ3v) is 1.87. The molecule has 1 fully saturated rings. The molecule has 1 aliphatic rings. The molecule has 0 atom stereocenters. The summed E-state index contributed by atoms with van der Waals surface area (Å²) in [5.41, 5.74) is 0. The summed E-state index contributed by atoms with van der Waals surface area (Å²) in [7, 11) is 0. The molecule has 3 heteroatoms. The third-order valence-electron chi connectivity index (χ3n) is 1.87. The van der Waals surface area contributed by atoms with E-state index in [2.05, 4.69) is 4.85 Å². The second kappa shape index (κ2) is 3.97. The van der Waals surface area contributed by atoms with Gasteiger partial charge in [0.2, 0.25) is 12.5 Å². The van der Waals surface area contributed by atoms with Crippen LogP contribution in [0, 0.1) is 6.57 Å². The van der Waals surface area contributed by atoms with Gasteiger partial charge in [0.25, 0.3) is 0 Å². The van der Waals surface area contributed by atoms with Crippen LogP contribution < -0.4 is 0 Å². The predicted octanol–water partition coefficient (Wildman–Crippen LogP) is 0.918. The fraction of sp³-hybridized carbons (Fsp3) is 0.750. The molecule has 11 heavy (non-hydrogen) atoms. The van der Waals surface area contributed by atoms with Crippen molar-refractivity contribution in [3.63, 3.8) is 0 Å². The lowest BCUT2D eigenvalue weighted by molar-refractivity contribution is -0.127. The number of rotatable bonds is 3. The van der Waals surface area contributed by atoms with E-state index in [-0.39, 0.29) is 5.91 Å². The van der Waals surface area contributed by atoms with Gasteiger partial charge in [0, 0.05) is 25.9 Å². The molecule has 1 amide bonds. The molecule has 0 aliphatic carbocycles. The van der Waals surface area contributed by atoms with E-state index in [0.29, 0.717) is 13.0 Å².